The number of nitrogens with one attached hydrogen (secondary N) is 1. The average molecular weight is 368 g/mol. The third kappa shape index (κ3) is 3.66. The second-order valence-corrected chi connectivity index (χ2v) is 9.25. The van der Waals surface area contributed by atoms with Crippen LogP contribution in [0.25, 0.3) is 0 Å². The maximum absolute atomic E-state index is 13.2. The number of carbonyl (C=O) groups is 1. The van der Waals surface area contributed by atoms with Gasteiger partial charge in [-0.1, -0.05) is 30.3 Å². The molecule has 0 radical (unpaired) electrons. The van der Waals surface area contributed by atoms with E-state index in [1.807, 2.05) is 0 Å². The lowest BCUT2D eigenvalue weighted by Gasteiger charge is -2.47. The molecule has 146 valence electrons. The quantitative estimate of drug-likeness (QED) is 0.869. The first-order valence-corrected chi connectivity index (χ1v) is 11.1. The van der Waals surface area contributed by atoms with Crippen molar-refractivity contribution in [2.45, 2.75) is 57.2 Å². The molecule has 2 saturated carbocycles. The monoisotopic (exact) mass is 367 g/mol. The second-order valence-electron chi connectivity index (χ2n) is 9.25. The molecule has 0 aromatic heterocycles. The van der Waals surface area contributed by atoms with Crippen molar-refractivity contribution in [2.24, 2.45) is 17.8 Å². The van der Waals surface area contributed by atoms with Gasteiger partial charge in [0.25, 0.3) is 0 Å². The van der Waals surface area contributed by atoms with Crippen molar-refractivity contribution in [3.63, 3.8) is 0 Å². The van der Waals surface area contributed by atoms with Crippen molar-refractivity contribution in [3.8, 4) is 0 Å². The fourth-order valence-corrected chi connectivity index (χ4v) is 5.88. The highest BCUT2D eigenvalue weighted by Crippen LogP contribution is 2.43. The SMILES string of the molecule is O=C(C1CC1)N(Cc1ccccc1)[C@H]1[C@@H]2CC[C@H]1CN(C1CCNCC1)C2. The Balaban J connectivity index is 1.34. The van der Waals surface area contributed by atoms with Crippen molar-refractivity contribution in [1.29, 1.82) is 0 Å². The number of hydrogen-bond acceptors (Lipinski definition) is 3. The summed E-state index contributed by atoms with van der Waals surface area (Å²) in [6.07, 6.45) is 7.40. The molecule has 2 bridgehead atoms. The van der Waals surface area contributed by atoms with Crippen molar-refractivity contribution in [2.75, 3.05) is 26.2 Å². The minimum Gasteiger partial charge on any atom is -0.334 e. The van der Waals surface area contributed by atoms with E-state index in [9.17, 15) is 4.79 Å². The molecule has 2 aliphatic heterocycles. The van der Waals surface area contributed by atoms with Gasteiger partial charge in [-0.05, 0) is 69.0 Å². The number of amides is 1. The summed E-state index contributed by atoms with van der Waals surface area (Å²) in [5.41, 5.74) is 1.28. The summed E-state index contributed by atoms with van der Waals surface area (Å²) < 4.78 is 0. The van der Waals surface area contributed by atoms with Crippen LogP contribution in [0.15, 0.2) is 30.3 Å². The molecule has 1 N–H and O–H groups in total. The van der Waals surface area contributed by atoms with Crippen LogP contribution in [-0.4, -0.2) is 54.0 Å². The Morgan fingerprint density at radius 3 is 2.26 bits per heavy atom. The summed E-state index contributed by atoms with van der Waals surface area (Å²) in [7, 11) is 0. The Hall–Kier alpha value is -1.39. The standard InChI is InChI=1S/C23H33N3O/c27-23(18-6-7-18)26(14-17-4-2-1-3-5-17)22-19-8-9-20(22)16-25(15-19)21-10-12-24-13-11-21/h1-5,18-22,24H,6-16H2/t19-,20+,22+. The van der Waals surface area contributed by atoms with Crippen LogP contribution in [0.2, 0.25) is 0 Å². The summed E-state index contributed by atoms with van der Waals surface area (Å²) in [5, 5.41) is 3.50. The van der Waals surface area contributed by atoms with E-state index in [2.05, 4.69) is 45.4 Å². The van der Waals surface area contributed by atoms with Crippen molar-refractivity contribution < 1.29 is 4.79 Å². The molecule has 1 aromatic carbocycles. The normalized spacial score (nSPS) is 31.8. The highest BCUT2D eigenvalue weighted by molar-refractivity contribution is 5.81. The minimum absolute atomic E-state index is 0.315. The third-order valence-corrected chi connectivity index (χ3v) is 7.40. The molecule has 5 rings (SSSR count). The molecule has 4 fully saturated rings. The van der Waals surface area contributed by atoms with E-state index in [0.717, 1.165) is 25.4 Å². The van der Waals surface area contributed by atoms with Crippen LogP contribution in [0.4, 0.5) is 0 Å². The molecule has 1 aromatic rings. The van der Waals surface area contributed by atoms with Gasteiger partial charge in [-0.25, -0.2) is 0 Å². The summed E-state index contributed by atoms with van der Waals surface area (Å²) in [5.74, 6) is 2.10. The van der Waals surface area contributed by atoms with Crippen molar-refractivity contribution in [3.05, 3.63) is 35.9 Å². The van der Waals surface area contributed by atoms with E-state index in [-0.39, 0.29) is 0 Å². The molecule has 0 spiro atoms. The van der Waals surface area contributed by atoms with E-state index in [1.54, 1.807) is 0 Å². The lowest BCUT2D eigenvalue weighted by molar-refractivity contribution is -0.139. The highest BCUT2D eigenvalue weighted by Gasteiger charge is 2.49. The van der Waals surface area contributed by atoms with Gasteiger partial charge in [-0.2, -0.15) is 0 Å². The number of hydrogen-bond donors (Lipinski definition) is 1. The van der Waals surface area contributed by atoms with E-state index in [1.165, 1.54) is 57.4 Å². The van der Waals surface area contributed by atoms with E-state index in [4.69, 9.17) is 0 Å². The Kier molecular flexibility index (Phi) is 4.95. The lowest BCUT2D eigenvalue weighted by Crippen LogP contribution is -2.57. The van der Waals surface area contributed by atoms with Gasteiger partial charge in [0.05, 0.1) is 0 Å². The first-order chi connectivity index (χ1) is 13.3. The zero-order valence-corrected chi connectivity index (χ0v) is 16.4. The maximum Gasteiger partial charge on any atom is 0.226 e. The van der Waals surface area contributed by atoms with Gasteiger partial charge in [0.1, 0.15) is 0 Å². The van der Waals surface area contributed by atoms with Gasteiger partial charge >= 0.3 is 0 Å². The lowest BCUT2D eigenvalue weighted by atomic mass is 9.87. The van der Waals surface area contributed by atoms with Crippen LogP contribution < -0.4 is 5.32 Å². The largest absolute Gasteiger partial charge is 0.334 e. The van der Waals surface area contributed by atoms with Crippen LogP contribution in [0.1, 0.15) is 44.1 Å². The van der Waals surface area contributed by atoms with Gasteiger partial charge in [0, 0.05) is 37.6 Å². The number of likely N-dealkylation sites (tertiary alicyclic amines) is 1. The number of nitrogens with zero attached hydrogens (tertiary/aromatic N) is 2. The molecule has 27 heavy (non-hydrogen) atoms. The summed E-state index contributed by atoms with van der Waals surface area (Å²) in [4.78, 5) is 18.3. The summed E-state index contributed by atoms with van der Waals surface area (Å²) >= 11 is 0. The van der Waals surface area contributed by atoms with Crippen LogP contribution in [-0.2, 0) is 11.3 Å². The van der Waals surface area contributed by atoms with Gasteiger partial charge < -0.3 is 10.2 Å². The van der Waals surface area contributed by atoms with E-state index >= 15 is 0 Å². The Morgan fingerprint density at radius 2 is 1.63 bits per heavy atom. The van der Waals surface area contributed by atoms with Crippen LogP contribution in [0.5, 0.6) is 0 Å². The zero-order chi connectivity index (χ0) is 18.2. The fourth-order valence-electron chi connectivity index (χ4n) is 5.88. The Bertz CT molecular complexity index is 639. The number of piperidine rings is 2. The van der Waals surface area contributed by atoms with Gasteiger partial charge in [-0.3, -0.25) is 9.69 Å². The van der Waals surface area contributed by atoms with E-state index < -0.39 is 0 Å². The number of rotatable bonds is 5. The molecule has 2 aliphatic carbocycles. The molecule has 1 amide bonds. The zero-order valence-electron chi connectivity index (χ0n) is 16.4. The average Bonchev–Trinajstić information content (AvgIpc) is 3.53. The van der Waals surface area contributed by atoms with Crippen molar-refractivity contribution >= 4 is 5.91 Å². The van der Waals surface area contributed by atoms with Crippen LogP contribution >= 0.6 is 0 Å². The first-order valence-electron chi connectivity index (χ1n) is 11.1. The molecule has 4 heteroatoms. The number of fused-ring (bicyclic) bond motifs is 2. The molecule has 4 nitrogen and oxygen atoms in total. The highest BCUT2D eigenvalue weighted by atomic mass is 16.2. The smallest absolute Gasteiger partial charge is 0.226 e. The van der Waals surface area contributed by atoms with Crippen LogP contribution in [0.3, 0.4) is 0 Å². The molecule has 4 aliphatic rings. The second kappa shape index (κ2) is 7.56. The first kappa shape index (κ1) is 17.7. The molecule has 2 heterocycles. The molecular weight excluding hydrogens is 334 g/mol. The fraction of sp³-hybridized carbons (Fsp3) is 0.696. The Labute approximate surface area is 163 Å². The third-order valence-electron chi connectivity index (χ3n) is 7.40. The molecule has 0 unspecified atom stereocenters. The summed E-state index contributed by atoms with van der Waals surface area (Å²) in [6, 6.07) is 11.9. The molecule has 3 atom stereocenters. The number of benzene rings is 1. The molecule has 2 saturated heterocycles. The van der Waals surface area contributed by atoms with Crippen LogP contribution in [0, 0.1) is 17.8 Å². The maximum atomic E-state index is 13.2. The Morgan fingerprint density at radius 1 is 0.963 bits per heavy atom. The minimum atomic E-state index is 0.315. The topological polar surface area (TPSA) is 35.6 Å². The van der Waals surface area contributed by atoms with Gasteiger partial charge in [-0.15, -0.1) is 0 Å². The predicted octanol–water partition coefficient (Wildman–Crippen LogP) is 2.89. The predicted molar refractivity (Wildman–Crippen MR) is 107 cm³/mol. The van der Waals surface area contributed by atoms with Crippen molar-refractivity contribution in [1.82, 2.24) is 15.1 Å². The molecular formula is C23H33N3O. The van der Waals surface area contributed by atoms with E-state index in [0.29, 0.717) is 29.7 Å². The van der Waals surface area contributed by atoms with Gasteiger partial charge in [0.15, 0.2) is 0 Å². The van der Waals surface area contributed by atoms with Gasteiger partial charge in [0.2, 0.25) is 5.91 Å². The number of carbonyl (C=O) groups excluding carboxylic acids is 1. The summed E-state index contributed by atoms with van der Waals surface area (Å²) in [6.45, 7) is 5.55.